The third-order valence-electron chi connectivity index (χ3n) is 4.35. The molecule has 0 saturated heterocycles. The Hall–Kier alpha value is -3.26. The van der Waals surface area contributed by atoms with E-state index in [2.05, 4.69) is 25.0 Å². The monoisotopic (exact) mass is 429 g/mol. The van der Waals surface area contributed by atoms with E-state index >= 15 is 0 Å². The lowest BCUT2D eigenvalue weighted by molar-refractivity contribution is 0.0600. The summed E-state index contributed by atoms with van der Waals surface area (Å²) in [4.78, 5) is 25.9. The number of nitrogens with zero attached hydrogens (tertiary/aromatic N) is 4. The van der Waals surface area contributed by atoms with Gasteiger partial charge in [-0.25, -0.2) is 24.1 Å². The molecule has 1 aliphatic rings. The van der Waals surface area contributed by atoms with E-state index in [0.717, 1.165) is 23.0 Å². The number of pyridine rings is 1. The van der Waals surface area contributed by atoms with Crippen LogP contribution in [0, 0.1) is 12.7 Å². The van der Waals surface area contributed by atoms with Crippen LogP contribution in [0.15, 0.2) is 36.8 Å². The molecule has 156 valence electrons. The highest BCUT2D eigenvalue weighted by molar-refractivity contribution is 6.34. The minimum Gasteiger partial charge on any atom is -0.465 e. The minimum atomic E-state index is -0.646. The van der Waals surface area contributed by atoms with Crippen LogP contribution in [-0.4, -0.2) is 28.0 Å². The van der Waals surface area contributed by atoms with Crippen molar-refractivity contribution in [3.8, 4) is 0 Å². The fourth-order valence-corrected chi connectivity index (χ4v) is 3.30. The number of carbonyl (C=O) groups is 1. The normalized spacial score (nSPS) is 11.6. The number of esters is 1. The zero-order valence-corrected chi connectivity index (χ0v) is 17.8. The maximum atomic E-state index is 14.7. The quantitative estimate of drug-likeness (QED) is 0.572. The molecule has 0 amide bonds. The van der Waals surface area contributed by atoms with Crippen molar-refractivity contribution in [2.45, 2.75) is 27.3 Å². The van der Waals surface area contributed by atoms with Gasteiger partial charge in [-0.2, -0.15) is 0 Å². The number of methoxy groups -OCH3 is 1. The van der Waals surface area contributed by atoms with Gasteiger partial charge in [0.15, 0.2) is 0 Å². The van der Waals surface area contributed by atoms with E-state index in [1.165, 1.54) is 19.5 Å². The maximum Gasteiger partial charge on any atom is 0.338 e. The second-order valence-corrected chi connectivity index (χ2v) is 6.64. The molecule has 0 saturated carbocycles. The SMILES string of the molecule is CC.COC(=O)c1cc(F)c(N2Cc3cnc(Nc4cc(C)ncn4)cc32)c(Cl)c1. The van der Waals surface area contributed by atoms with Gasteiger partial charge >= 0.3 is 5.97 Å². The number of benzene rings is 1. The highest BCUT2D eigenvalue weighted by atomic mass is 35.5. The number of aromatic nitrogens is 3. The first-order valence-corrected chi connectivity index (χ1v) is 9.73. The number of hydrogen-bond donors (Lipinski definition) is 1. The van der Waals surface area contributed by atoms with E-state index < -0.39 is 11.8 Å². The summed E-state index contributed by atoms with van der Waals surface area (Å²) in [6.07, 6.45) is 3.18. The maximum absolute atomic E-state index is 14.7. The number of halogens is 2. The van der Waals surface area contributed by atoms with Gasteiger partial charge in [-0.05, 0) is 19.1 Å². The first-order chi connectivity index (χ1) is 14.5. The Labute approximate surface area is 178 Å². The molecule has 3 aromatic rings. The van der Waals surface area contributed by atoms with E-state index in [1.54, 1.807) is 23.2 Å². The Kier molecular flexibility index (Phi) is 6.47. The van der Waals surface area contributed by atoms with Crippen molar-refractivity contribution >= 4 is 40.6 Å². The molecule has 1 aromatic carbocycles. The molecule has 0 spiro atoms. The van der Waals surface area contributed by atoms with Crippen molar-refractivity contribution in [3.63, 3.8) is 0 Å². The number of aryl methyl sites for hydroxylation is 1. The van der Waals surface area contributed by atoms with Gasteiger partial charge in [-0.1, -0.05) is 25.4 Å². The second-order valence-electron chi connectivity index (χ2n) is 6.23. The minimum absolute atomic E-state index is 0.0608. The summed E-state index contributed by atoms with van der Waals surface area (Å²) in [5.74, 6) is -0.0785. The molecule has 2 aromatic heterocycles. The van der Waals surface area contributed by atoms with Gasteiger partial charge in [0.25, 0.3) is 0 Å². The van der Waals surface area contributed by atoms with Crippen LogP contribution in [0.5, 0.6) is 0 Å². The fourth-order valence-electron chi connectivity index (χ4n) is 2.99. The van der Waals surface area contributed by atoms with Gasteiger partial charge in [0.05, 0.1) is 35.6 Å². The molecular weight excluding hydrogens is 409 g/mol. The summed E-state index contributed by atoms with van der Waals surface area (Å²) in [5.41, 5.74) is 2.82. The lowest BCUT2D eigenvalue weighted by Crippen LogP contribution is -2.29. The second kappa shape index (κ2) is 9.04. The highest BCUT2D eigenvalue weighted by Crippen LogP contribution is 2.44. The standard InChI is InChI=1S/C19H15ClFN5O2.C2H6/c1-10-3-16(24-9-23-10)25-17-6-15-12(7-22-17)8-26(15)18-13(20)4-11(5-14(18)21)19(27)28-2;1-2/h3-7,9H,8H2,1-2H3,(H,22,23,24,25);1-2H3. The zero-order chi connectivity index (χ0) is 21.8. The van der Waals surface area contributed by atoms with Gasteiger partial charge in [-0.15, -0.1) is 0 Å². The number of hydrogen-bond acceptors (Lipinski definition) is 7. The Morgan fingerprint density at radius 2 is 1.90 bits per heavy atom. The molecule has 0 bridgehead atoms. The largest absolute Gasteiger partial charge is 0.465 e. The molecule has 0 radical (unpaired) electrons. The van der Waals surface area contributed by atoms with Crippen LogP contribution < -0.4 is 10.2 Å². The molecule has 4 rings (SSSR count). The van der Waals surface area contributed by atoms with Gasteiger partial charge in [0.1, 0.15) is 23.8 Å². The van der Waals surface area contributed by atoms with Crippen LogP contribution >= 0.6 is 11.6 Å². The Bertz CT molecular complexity index is 1070. The van der Waals surface area contributed by atoms with Gasteiger partial charge in [0, 0.05) is 29.6 Å². The first-order valence-electron chi connectivity index (χ1n) is 9.35. The topological polar surface area (TPSA) is 80.2 Å². The average Bonchev–Trinajstić information content (AvgIpc) is 2.72. The van der Waals surface area contributed by atoms with E-state index in [9.17, 15) is 9.18 Å². The molecule has 0 atom stereocenters. The third kappa shape index (κ3) is 4.18. The zero-order valence-electron chi connectivity index (χ0n) is 17.0. The first kappa shape index (κ1) is 21.4. The fraction of sp³-hybridized carbons (Fsp3) is 0.238. The molecule has 30 heavy (non-hydrogen) atoms. The average molecular weight is 430 g/mol. The summed E-state index contributed by atoms with van der Waals surface area (Å²) in [5, 5.41) is 3.23. The number of fused-ring (bicyclic) bond motifs is 1. The Morgan fingerprint density at radius 1 is 1.17 bits per heavy atom. The predicted molar refractivity (Wildman–Crippen MR) is 114 cm³/mol. The number of nitrogens with one attached hydrogen (secondary N) is 1. The molecule has 0 aliphatic carbocycles. The molecular formula is C21H21ClFN5O2. The highest BCUT2D eigenvalue weighted by Gasteiger charge is 2.30. The number of rotatable bonds is 4. The van der Waals surface area contributed by atoms with Crippen LogP contribution in [-0.2, 0) is 11.3 Å². The smallest absolute Gasteiger partial charge is 0.338 e. The summed E-state index contributed by atoms with van der Waals surface area (Å²) in [6, 6.07) is 6.10. The Balaban J connectivity index is 0.00000124. The van der Waals surface area contributed by atoms with Crippen molar-refractivity contribution in [1.82, 2.24) is 15.0 Å². The van der Waals surface area contributed by atoms with Crippen LogP contribution in [0.2, 0.25) is 5.02 Å². The van der Waals surface area contributed by atoms with Crippen LogP contribution in [0.25, 0.3) is 0 Å². The summed E-state index contributed by atoms with van der Waals surface area (Å²) >= 11 is 6.26. The lowest BCUT2D eigenvalue weighted by atomic mass is 10.0. The molecule has 9 heteroatoms. The molecule has 0 fully saturated rings. The summed E-state index contributed by atoms with van der Waals surface area (Å²) in [6.45, 7) is 6.33. The predicted octanol–water partition coefficient (Wildman–Crippen LogP) is 5.18. The van der Waals surface area contributed by atoms with E-state index in [1.807, 2.05) is 20.8 Å². The van der Waals surface area contributed by atoms with Crippen molar-refractivity contribution in [2.75, 3.05) is 17.3 Å². The van der Waals surface area contributed by atoms with Gasteiger partial charge < -0.3 is 15.0 Å². The third-order valence-corrected chi connectivity index (χ3v) is 4.64. The molecule has 0 unspecified atom stereocenters. The van der Waals surface area contributed by atoms with E-state index in [4.69, 9.17) is 11.6 Å². The Morgan fingerprint density at radius 3 is 2.57 bits per heavy atom. The molecule has 7 nitrogen and oxygen atoms in total. The number of anilines is 4. The summed E-state index contributed by atoms with van der Waals surface area (Å²) < 4.78 is 19.3. The van der Waals surface area contributed by atoms with Gasteiger partial charge in [0.2, 0.25) is 0 Å². The molecule has 1 N–H and O–H groups in total. The van der Waals surface area contributed by atoms with Gasteiger partial charge in [-0.3, -0.25) is 0 Å². The van der Waals surface area contributed by atoms with E-state index in [-0.39, 0.29) is 16.3 Å². The number of carbonyl (C=O) groups excluding carboxylic acids is 1. The molecule has 3 heterocycles. The van der Waals surface area contributed by atoms with Crippen LogP contribution in [0.1, 0.15) is 35.5 Å². The van der Waals surface area contributed by atoms with Crippen molar-refractivity contribution < 1.29 is 13.9 Å². The number of ether oxygens (including phenoxy) is 1. The van der Waals surface area contributed by atoms with Crippen LogP contribution in [0.3, 0.4) is 0 Å². The summed E-state index contributed by atoms with van der Waals surface area (Å²) in [7, 11) is 1.23. The van der Waals surface area contributed by atoms with Crippen molar-refractivity contribution in [2.24, 2.45) is 0 Å². The van der Waals surface area contributed by atoms with Crippen molar-refractivity contribution in [3.05, 3.63) is 64.5 Å². The van der Waals surface area contributed by atoms with Crippen LogP contribution in [0.4, 0.5) is 27.4 Å². The molecule has 1 aliphatic heterocycles. The van der Waals surface area contributed by atoms with E-state index in [0.29, 0.717) is 18.2 Å². The lowest BCUT2D eigenvalue weighted by Gasteiger charge is -2.36. The van der Waals surface area contributed by atoms with Crippen molar-refractivity contribution in [1.29, 1.82) is 0 Å².